The number of hydrogen-bond donors (Lipinski definition) is 1. The number of aliphatic hydroxyl groups excluding tert-OH is 1. The highest BCUT2D eigenvalue weighted by Crippen LogP contribution is 2.16. The van der Waals surface area contributed by atoms with Crippen LogP contribution in [-0.2, 0) is 19.1 Å². The Bertz CT molecular complexity index is 607. The van der Waals surface area contributed by atoms with Crippen LogP contribution in [0.4, 0.5) is 0 Å². The van der Waals surface area contributed by atoms with Crippen molar-refractivity contribution in [3.8, 4) is 0 Å². The van der Waals surface area contributed by atoms with Crippen molar-refractivity contribution in [2.75, 3.05) is 13.2 Å². The van der Waals surface area contributed by atoms with Gasteiger partial charge in [0.25, 0.3) is 0 Å². The minimum atomic E-state index is -0.761. The van der Waals surface area contributed by atoms with Crippen LogP contribution in [0, 0.1) is 0 Å². The molecule has 1 N–H and O–H groups in total. The highest BCUT2D eigenvalue weighted by Gasteiger charge is 2.16. The van der Waals surface area contributed by atoms with Crippen LogP contribution in [0.5, 0.6) is 0 Å². The molecule has 5 heteroatoms. The Hall–Kier alpha value is -1.10. The average molecular weight is 639 g/mol. The molecule has 0 aromatic rings. The maximum Gasteiger partial charge on any atom is 0.306 e. The zero-order valence-electron chi connectivity index (χ0n) is 30.4. The van der Waals surface area contributed by atoms with Gasteiger partial charge in [0.15, 0.2) is 6.10 Å². The van der Waals surface area contributed by atoms with E-state index in [1.807, 2.05) is 0 Å². The summed E-state index contributed by atoms with van der Waals surface area (Å²) in [4.78, 5) is 24.2. The van der Waals surface area contributed by atoms with Crippen molar-refractivity contribution in [3.05, 3.63) is 0 Å². The molecule has 268 valence electrons. The van der Waals surface area contributed by atoms with E-state index in [4.69, 9.17) is 9.47 Å². The number of carbonyl (C=O) groups excluding carboxylic acids is 2. The number of ether oxygens (including phenoxy) is 2. The molecule has 0 saturated carbocycles. The fourth-order valence-electron chi connectivity index (χ4n) is 6.08. The SMILES string of the molecule is CCCCCCCCCCCCCCCCCCC(=O)O[C@@H](CO)COC(=O)CCCCCCCCCCCCCCCCC. The molecule has 0 aromatic heterocycles. The number of esters is 2. The minimum absolute atomic E-state index is 0.0568. The second kappa shape index (κ2) is 37.4. The average Bonchev–Trinajstić information content (AvgIpc) is 3.04. The first-order chi connectivity index (χ1) is 22.1. The molecule has 0 aliphatic carbocycles. The highest BCUT2D eigenvalue weighted by atomic mass is 16.6. The highest BCUT2D eigenvalue weighted by molar-refractivity contribution is 5.70. The first-order valence-corrected chi connectivity index (χ1v) is 20.1. The zero-order valence-corrected chi connectivity index (χ0v) is 30.4. The summed E-state index contributed by atoms with van der Waals surface area (Å²) < 4.78 is 10.6. The van der Waals surface area contributed by atoms with E-state index in [0.29, 0.717) is 12.8 Å². The van der Waals surface area contributed by atoms with Crippen LogP contribution in [-0.4, -0.2) is 36.4 Å². The molecule has 0 unspecified atom stereocenters. The molecule has 0 amide bonds. The van der Waals surface area contributed by atoms with Gasteiger partial charge in [-0.15, -0.1) is 0 Å². The van der Waals surface area contributed by atoms with E-state index in [9.17, 15) is 14.7 Å². The maximum atomic E-state index is 12.2. The van der Waals surface area contributed by atoms with E-state index < -0.39 is 6.10 Å². The first kappa shape index (κ1) is 43.9. The fourth-order valence-corrected chi connectivity index (χ4v) is 6.08. The van der Waals surface area contributed by atoms with Gasteiger partial charge in [-0.1, -0.05) is 200 Å². The number of aliphatic hydroxyl groups is 1. The Morgan fingerprint density at radius 3 is 0.978 bits per heavy atom. The van der Waals surface area contributed by atoms with Crippen molar-refractivity contribution in [3.63, 3.8) is 0 Å². The smallest absolute Gasteiger partial charge is 0.306 e. The predicted octanol–water partition coefficient (Wildman–Crippen LogP) is 12.3. The summed E-state index contributed by atoms with van der Waals surface area (Å²) in [5.41, 5.74) is 0. The van der Waals surface area contributed by atoms with E-state index in [2.05, 4.69) is 13.8 Å². The van der Waals surface area contributed by atoms with Crippen molar-refractivity contribution in [2.24, 2.45) is 0 Å². The van der Waals surface area contributed by atoms with Gasteiger partial charge in [0.2, 0.25) is 0 Å². The lowest BCUT2D eigenvalue weighted by Gasteiger charge is -2.15. The van der Waals surface area contributed by atoms with Gasteiger partial charge in [0.1, 0.15) is 6.61 Å². The first-order valence-electron chi connectivity index (χ1n) is 20.1. The van der Waals surface area contributed by atoms with Gasteiger partial charge in [0, 0.05) is 12.8 Å². The molecule has 1 atom stereocenters. The molecular formula is C40H78O5. The van der Waals surface area contributed by atoms with Crippen LogP contribution < -0.4 is 0 Å². The van der Waals surface area contributed by atoms with Crippen LogP contribution in [0.2, 0.25) is 0 Å². The van der Waals surface area contributed by atoms with Crippen molar-refractivity contribution in [1.82, 2.24) is 0 Å². The number of rotatable bonds is 37. The van der Waals surface area contributed by atoms with Crippen LogP contribution >= 0.6 is 0 Å². The molecule has 0 aliphatic rings. The Morgan fingerprint density at radius 1 is 0.422 bits per heavy atom. The molecule has 0 spiro atoms. The third-order valence-corrected chi connectivity index (χ3v) is 9.15. The summed E-state index contributed by atoms with van der Waals surface area (Å²) >= 11 is 0. The molecule has 0 rings (SSSR count). The van der Waals surface area contributed by atoms with Crippen LogP contribution in [0.1, 0.15) is 226 Å². The zero-order chi connectivity index (χ0) is 32.9. The van der Waals surface area contributed by atoms with Crippen molar-refractivity contribution >= 4 is 11.9 Å². The predicted molar refractivity (Wildman–Crippen MR) is 192 cm³/mol. The van der Waals surface area contributed by atoms with E-state index >= 15 is 0 Å². The van der Waals surface area contributed by atoms with Crippen LogP contribution in [0.15, 0.2) is 0 Å². The molecule has 5 nitrogen and oxygen atoms in total. The Labute approximate surface area is 280 Å². The van der Waals surface area contributed by atoms with Crippen molar-refractivity contribution in [1.29, 1.82) is 0 Å². The quantitative estimate of drug-likeness (QED) is 0.0541. The van der Waals surface area contributed by atoms with Gasteiger partial charge < -0.3 is 14.6 Å². The van der Waals surface area contributed by atoms with Gasteiger partial charge in [-0.2, -0.15) is 0 Å². The molecule has 0 radical (unpaired) electrons. The van der Waals surface area contributed by atoms with E-state index in [0.717, 1.165) is 32.1 Å². The van der Waals surface area contributed by atoms with Gasteiger partial charge >= 0.3 is 11.9 Å². The van der Waals surface area contributed by atoms with Crippen molar-refractivity contribution in [2.45, 2.75) is 232 Å². The third-order valence-electron chi connectivity index (χ3n) is 9.15. The molecule has 0 bridgehead atoms. The molecule has 0 aromatic carbocycles. The standard InChI is InChI=1S/C40H78O5/c1-3-5-7-9-11-13-15-17-19-21-23-25-27-29-31-33-35-40(43)45-38(36-41)37-44-39(42)34-32-30-28-26-24-22-20-18-16-14-12-10-8-6-4-2/h38,41H,3-37H2,1-2H3/t38-/m0/s1. The molecule has 0 saturated heterocycles. The van der Waals surface area contributed by atoms with Crippen LogP contribution in [0.25, 0.3) is 0 Å². The molecule has 45 heavy (non-hydrogen) atoms. The lowest BCUT2D eigenvalue weighted by Crippen LogP contribution is -2.28. The third kappa shape index (κ3) is 35.6. The molecule has 0 fully saturated rings. The normalized spacial score (nSPS) is 12.0. The summed E-state index contributed by atoms with van der Waals surface area (Å²) in [6.45, 7) is 4.17. The van der Waals surface area contributed by atoms with E-state index in [1.54, 1.807) is 0 Å². The number of carbonyl (C=O) groups is 2. The number of unbranched alkanes of at least 4 members (excludes halogenated alkanes) is 29. The van der Waals surface area contributed by atoms with Crippen LogP contribution in [0.3, 0.4) is 0 Å². The Balaban J connectivity index is 3.49. The van der Waals surface area contributed by atoms with Gasteiger partial charge in [-0.25, -0.2) is 0 Å². The monoisotopic (exact) mass is 639 g/mol. The van der Waals surface area contributed by atoms with Gasteiger partial charge in [-0.05, 0) is 12.8 Å². The second-order valence-corrected chi connectivity index (χ2v) is 13.7. The Kier molecular flexibility index (Phi) is 36.4. The summed E-state index contributed by atoms with van der Waals surface area (Å²) in [6.07, 6.45) is 40.2. The molecule has 0 aliphatic heterocycles. The van der Waals surface area contributed by atoms with Gasteiger partial charge in [-0.3, -0.25) is 9.59 Å². The van der Waals surface area contributed by atoms with Crippen molar-refractivity contribution < 1.29 is 24.2 Å². The second-order valence-electron chi connectivity index (χ2n) is 13.7. The fraction of sp³-hybridized carbons (Fsp3) is 0.950. The summed E-state index contributed by atoms with van der Waals surface area (Å²) in [6, 6.07) is 0. The minimum Gasteiger partial charge on any atom is -0.462 e. The van der Waals surface area contributed by atoms with E-state index in [-0.39, 0.29) is 25.2 Å². The summed E-state index contributed by atoms with van der Waals surface area (Å²) in [5.74, 6) is -0.574. The molecular weight excluding hydrogens is 560 g/mol. The largest absolute Gasteiger partial charge is 0.462 e. The topological polar surface area (TPSA) is 72.8 Å². The lowest BCUT2D eigenvalue weighted by molar-refractivity contribution is -0.161. The Morgan fingerprint density at radius 2 is 0.689 bits per heavy atom. The van der Waals surface area contributed by atoms with Gasteiger partial charge in [0.05, 0.1) is 6.61 Å². The summed E-state index contributed by atoms with van der Waals surface area (Å²) in [5, 5.41) is 9.55. The number of hydrogen-bond acceptors (Lipinski definition) is 5. The van der Waals surface area contributed by atoms with E-state index in [1.165, 1.54) is 167 Å². The lowest BCUT2D eigenvalue weighted by atomic mass is 10.0. The summed E-state index contributed by atoms with van der Waals surface area (Å²) in [7, 11) is 0. The molecule has 0 heterocycles. The maximum absolute atomic E-state index is 12.2.